The molecule has 1 N–H and O–H groups in total. The second kappa shape index (κ2) is 6.62. The molecule has 0 fully saturated rings. The lowest BCUT2D eigenvalue weighted by atomic mass is 10.2. The van der Waals surface area contributed by atoms with Crippen LogP contribution in [0.5, 0.6) is 5.75 Å². The minimum absolute atomic E-state index is 0.722. The normalized spacial score (nSPS) is 11.0. The topological polar surface area (TPSA) is 63.7 Å². The van der Waals surface area contributed by atoms with Crippen LogP contribution in [0.25, 0.3) is 21.6 Å². The van der Waals surface area contributed by atoms with Crippen molar-refractivity contribution >= 4 is 33.3 Å². The minimum Gasteiger partial charge on any atom is -0.497 e. The third-order valence-electron chi connectivity index (χ3n) is 3.49. The van der Waals surface area contributed by atoms with Gasteiger partial charge in [0.1, 0.15) is 10.8 Å². The Bertz CT molecular complexity index is 929. The van der Waals surface area contributed by atoms with Crippen LogP contribution < -0.4 is 4.74 Å². The fourth-order valence-electron chi connectivity index (χ4n) is 2.30. The number of para-hydroxylation sites is 1. The Labute approximate surface area is 147 Å². The van der Waals surface area contributed by atoms with E-state index >= 15 is 0 Å². The van der Waals surface area contributed by atoms with Crippen LogP contribution in [0.2, 0.25) is 0 Å². The number of nitrogens with one attached hydrogen (secondary N) is 1. The van der Waals surface area contributed by atoms with Crippen molar-refractivity contribution in [1.29, 1.82) is 0 Å². The van der Waals surface area contributed by atoms with Gasteiger partial charge in [0.2, 0.25) is 5.16 Å². The summed E-state index contributed by atoms with van der Waals surface area (Å²) < 4.78 is 6.38. The predicted molar refractivity (Wildman–Crippen MR) is 97.6 cm³/mol. The van der Waals surface area contributed by atoms with Crippen LogP contribution in [0.4, 0.5) is 0 Å². The molecule has 0 aliphatic carbocycles. The SMILES string of the molecule is COc1ccc(-c2nc(SCc3nc4ccccc4s3)n[nH]2)cc1. The van der Waals surface area contributed by atoms with Crippen molar-refractivity contribution in [3.63, 3.8) is 0 Å². The molecule has 0 amide bonds. The van der Waals surface area contributed by atoms with Crippen molar-refractivity contribution in [2.45, 2.75) is 10.9 Å². The van der Waals surface area contributed by atoms with Gasteiger partial charge in [-0.05, 0) is 36.4 Å². The molecule has 0 saturated carbocycles. The molecule has 4 aromatic rings. The van der Waals surface area contributed by atoms with Crippen molar-refractivity contribution < 1.29 is 4.74 Å². The van der Waals surface area contributed by atoms with E-state index in [0.717, 1.165) is 38.6 Å². The summed E-state index contributed by atoms with van der Waals surface area (Å²) in [6.07, 6.45) is 0. The van der Waals surface area contributed by atoms with Gasteiger partial charge in [-0.15, -0.1) is 16.4 Å². The number of thiazole rings is 1. The van der Waals surface area contributed by atoms with Gasteiger partial charge in [0, 0.05) is 5.56 Å². The Hall–Kier alpha value is -2.38. The number of nitrogens with zero attached hydrogens (tertiary/aromatic N) is 3. The molecule has 0 aliphatic rings. The van der Waals surface area contributed by atoms with Crippen LogP contribution in [0.3, 0.4) is 0 Å². The van der Waals surface area contributed by atoms with Gasteiger partial charge in [0.15, 0.2) is 5.82 Å². The molecule has 0 bridgehead atoms. The average molecular weight is 354 g/mol. The van der Waals surface area contributed by atoms with E-state index < -0.39 is 0 Å². The summed E-state index contributed by atoms with van der Waals surface area (Å²) in [7, 11) is 1.65. The molecular formula is C17H14N4OS2. The average Bonchev–Trinajstić information content (AvgIpc) is 3.26. The Balaban J connectivity index is 1.46. The lowest BCUT2D eigenvalue weighted by Crippen LogP contribution is -1.84. The Morgan fingerprint density at radius 1 is 1.08 bits per heavy atom. The first-order valence-corrected chi connectivity index (χ1v) is 9.16. The highest BCUT2D eigenvalue weighted by molar-refractivity contribution is 7.98. The number of hydrogen-bond acceptors (Lipinski definition) is 6. The van der Waals surface area contributed by atoms with Gasteiger partial charge < -0.3 is 4.74 Å². The van der Waals surface area contributed by atoms with E-state index in [0.29, 0.717) is 0 Å². The highest BCUT2D eigenvalue weighted by atomic mass is 32.2. The summed E-state index contributed by atoms with van der Waals surface area (Å²) >= 11 is 3.29. The first-order chi connectivity index (χ1) is 11.8. The zero-order valence-electron chi connectivity index (χ0n) is 12.9. The third kappa shape index (κ3) is 3.13. The van der Waals surface area contributed by atoms with Crippen molar-refractivity contribution in [3.8, 4) is 17.1 Å². The van der Waals surface area contributed by atoms with Gasteiger partial charge in [0.05, 0.1) is 23.1 Å². The van der Waals surface area contributed by atoms with Crippen molar-refractivity contribution in [1.82, 2.24) is 20.2 Å². The number of methoxy groups -OCH3 is 1. The molecule has 4 rings (SSSR count). The quantitative estimate of drug-likeness (QED) is 0.539. The van der Waals surface area contributed by atoms with Gasteiger partial charge in [-0.3, -0.25) is 5.10 Å². The number of aromatic amines is 1. The van der Waals surface area contributed by atoms with Crippen molar-refractivity contribution in [2.24, 2.45) is 0 Å². The molecule has 0 saturated heterocycles. The molecule has 7 heteroatoms. The molecule has 5 nitrogen and oxygen atoms in total. The van der Waals surface area contributed by atoms with Crippen molar-refractivity contribution in [3.05, 3.63) is 53.5 Å². The van der Waals surface area contributed by atoms with E-state index in [-0.39, 0.29) is 0 Å². The number of thioether (sulfide) groups is 1. The minimum atomic E-state index is 0.722. The van der Waals surface area contributed by atoms with Crippen LogP contribution >= 0.6 is 23.1 Å². The smallest absolute Gasteiger partial charge is 0.209 e. The number of rotatable bonds is 5. The molecule has 24 heavy (non-hydrogen) atoms. The maximum absolute atomic E-state index is 5.17. The van der Waals surface area contributed by atoms with Gasteiger partial charge >= 0.3 is 0 Å². The van der Waals surface area contributed by atoms with Crippen LogP contribution in [-0.2, 0) is 5.75 Å². The second-order valence-corrected chi connectivity index (χ2v) is 7.12. The van der Waals surface area contributed by atoms with Gasteiger partial charge in [-0.2, -0.15) is 0 Å². The second-order valence-electron chi connectivity index (χ2n) is 5.06. The zero-order valence-corrected chi connectivity index (χ0v) is 14.5. The van der Waals surface area contributed by atoms with E-state index in [1.54, 1.807) is 30.2 Å². The van der Waals surface area contributed by atoms with Crippen LogP contribution in [0, 0.1) is 0 Å². The highest BCUT2D eigenvalue weighted by Gasteiger charge is 2.09. The Morgan fingerprint density at radius 2 is 1.92 bits per heavy atom. The first kappa shape index (κ1) is 15.2. The number of aromatic nitrogens is 4. The standard InChI is InChI=1S/C17H14N4OS2/c1-22-12-8-6-11(7-9-12)16-19-17(21-20-16)23-10-15-18-13-4-2-3-5-14(13)24-15/h2-9H,10H2,1H3,(H,19,20,21). The van der Waals surface area contributed by atoms with Crippen LogP contribution in [-0.4, -0.2) is 27.3 Å². The molecular weight excluding hydrogens is 340 g/mol. The van der Waals surface area contributed by atoms with E-state index in [4.69, 9.17) is 4.74 Å². The molecule has 0 aliphatic heterocycles. The summed E-state index contributed by atoms with van der Waals surface area (Å²) in [4.78, 5) is 9.17. The molecule has 120 valence electrons. The van der Waals surface area contributed by atoms with Gasteiger partial charge in [-0.1, -0.05) is 23.9 Å². The van der Waals surface area contributed by atoms with Crippen LogP contribution in [0.15, 0.2) is 53.7 Å². The molecule has 2 heterocycles. The third-order valence-corrected chi connectivity index (χ3v) is 5.57. The zero-order chi connectivity index (χ0) is 16.4. The number of benzene rings is 2. The molecule has 0 spiro atoms. The maximum Gasteiger partial charge on any atom is 0.209 e. The number of fused-ring (bicyclic) bond motifs is 1. The largest absolute Gasteiger partial charge is 0.497 e. The summed E-state index contributed by atoms with van der Waals surface area (Å²) in [6.45, 7) is 0. The fourth-order valence-corrected chi connectivity index (χ4v) is 4.06. The van der Waals surface area contributed by atoms with Crippen LogP contribution in [0.1, 0.15) is 5.01 Å². The maximum atomic E-state index is 5.17. The summed E-state index contributed by atoms with van der Waals surface area (Å²) in [5, 5.41) is 9.06. The number of ether oxygens (including phenoxy) is 1. The summed E-state index contributed by atoms with van der Waals surface area (Å²) in [5.41, 5.74) is 2.03. The van der Waals surface area contributed by atoms with Crippen molar-refractivity contribution in [2.75, 3.05) is 7.11 Å². The van der Waals surface area contributed by atoms with E-state index in [2.05, 4.69) is 26.2 Å². The Morgan fingerprint density at radius 3 is 2.71 bits per heavy atom. The molecule has 0 atom stereocenters. The summed E-state index contributed by atoms with van der Waals surface area (Å²) in [6, 6.07) is 15.9. The number of H-pyrrole nitrogens is 1. The van der Waals surface area contributed by atoms with E-state index in [9.17, 15) is 0 Å². The predicted octanol–water partition coefficient (Wildman–Crippen LogP) is 4.38. The molecule has 0 unspecified atom stereocenters. The Kier molecular flexibility index (Phi) is 4.18. The molecule has 2 aromatic carbocycles. The fraction of sp³-hybridized carbons (Fsp3) is 0.118. The summed E-state index contributed by atoms with van der Waals surface area (Å²) in [5.74, 6) is 2.34. The monoisotopic (exact) mass is 354 g/mol. The van der Waals surface area contributed by atoms with E-state index in [1.807, 2.05) is 42.5 Å². The van der Waals surface area contributed by atoms with Gasteiger partial charge in [0.25, 0.3) is 0 Å². The first-order valence-electron chi connectivity index (χ1n) is 7.36. The van der Waals surface area contributed by atoms with Gasteiger partial charge in [-0.25, -0.2) is 9.97 Å². The highest BCUT2D eigenvalue weighted by Crippen LogP contribution is 2.28. The molecule has 2 aromatic heterocycles. The number of hydrogen-bond donors (Lipinski definition) is 1. The lowest BCUT2D eigenvalue weighted by molar-refractivity contribution is 0.415. The molecule has 0 radical (unpaired) electrons. The lowest BCUT2D eigenvalue weighted by Gasteiger charge is -1.99. The van der Waals surface area contributed by atoms with E-state index in [1.165, 1.54) is 4.70 Å².